The molecule has 0 aliphatic rings. The van der Waals surface area contributed by atoms with Gasteiger partial charge in [-0.1, -0.05) is 0 Å². The van der Waals surface area contributed by atoms with E-state index in [1.807, 2.05) is 0 Å². The predicted octanol–water partition coefficient (Wildman–Crippen LogP) is 1.79. The summed E-state index contributed by atoms with van der Waals surface area (Å²) in [6.45, 7) is 0. The highest BCUT2D eigenvalue weighted by Gasteiger charge is 2.14. The zero-order valence-electron chi connectivity index (χ0n) is 9.10. The van der Waals surface area contributed by atoms with Crippen LogP contribution in [-0.4, -0.2) is 23.0 Å². The molecule has 0 unspecified atom stereocenters. The van der Waals surface area contributed by atoms with E-state index in [2.05, 4.69) is 9.72 Å². The van der Waals surface area contributed by atoms with E-state index in [1.54, 1.807) is 12.3 Å². The van der Waals surface area contributed by atoms with Gasteiger partial charge in [-0.15, -0.1) is 0 Å². The molecule has 0 spiro atoms. The number of benzene rings is 1. The van der Waals surface area contributed by atoms with Gasteiger partial charge >= 0.3 is 5.97 Å². The van der Waals surface area contributed by atoms with Gasteiger partial charge in [0.15, 0.2) is 0 Å². The number of nitro benzene ring substituents is 1. The number of nitrogens with one attached hydrogen (secondary N) is 1. The number of non-ortho nitro benzene ring substituents is 1. The molecule has 0 aliphatic heterocycles. The first kappa shape index (κ1) is 11.1. The summed E-state index contributed by atoms with van der Waals surface area (Å²) in [6, 6.07) is 4.61. The third-order valence-electron chi connectivity index (χ3n) is 2.51. The molecule has 1 N–H and O–H groups in total. The molecule has 88 valence electrons. The summed E-state index contributed by atoms with van der Waals surface area (Å²) in [5.74, 6) is -0.423. The van der Waals surface area contributed by atoms with Gasteiger partial charge in [-0.25, -0.2) is 0 Å². The Morgan fingerprint density at radius 1 is 1.53 bits per heavy atom. The molecule has 0 radical (unpaired) electrons. The van der Waals surface area contributed by atoms with Crippen molar-refractivity contribution >= 4 is 22.6 Å². The van der Waals surface area contributed by atoms with Gasteiger partial charge in [-0.3, -0.25) is 14.9 Å². The molecule has 2 aromatic rings. The number of fused-ring (bicyclic) bond motifs is 1. The lowest BCUT2D eigenvalue weighted by Crippen LogP contribution is -2.05. The molecule has 1 aromatic heterocycles. The second kappa shape index (κ2) is 4.25. The van der Waals surface area contributed by atoms with Gasteiger partial charge < -0.3 is 9.72 Å². The van der Waals surface area contributed by atoms with E-state index in [9.17, 15) is 14.9 Å². The van der Waals surface area contributed by atoms with Gasteiger partial charge in [-0.05, 0) is 11.6 Å². The van der Waals surface area contributed by atoms with Crippen LogP contribution < -0.4 is 0 Å². The lowest BCUT2D eigenvalue weighted by Gasteiger charge is -2.02. The minimum atomic E-state index is -0.485. The van der Waals surface area contributed by atoms with Crippen LogP contribution in [0.3, 0.4) is 0 Å². The Morgan fingerprint density at radius 3 is 2.94 bits per heavy atom. The molecular formula is C11H10N2O4. The number of nitrogens with zero attached hydrogens (tertiary/aromatic N) is 1. The number of aromatic nitrogens is 1. The summed E-state index contributed by atoms with van der Waals surface area (Å²) in [4.78, 5) is 24.4. The molecule has 17 heavy (non-hydrogen) atoms. The van der Waals surface area contributed by atoms with Crippen molar-refractivity contribution in [3.8, 4) is 0 Å². The normalized spacial score (nSPS) is 10.4. The minimum Gasteiger partial charge on any atom is -0.469 e. The lowest BCUT2D eigenvalue weighted by atomic mass is 10.1. The second-order valence-electron chi connectivity index (χ2n) is 3.55. The fourth-order valence-corrected chi connectivity index (χ4v) is 1.71. The van der Waals surface area contributed by atoms with Crippen LogP contribution in [0.4, 0.5) is 5.69 Å². The van der Waals surface area contributed by atoms with Crippen molar-refractivity contribution in [3.63, 3.8) is 0 Å². The van der Waals surface area contributed by atoms with E-state index in [0.29, 0.717) is 11.1 Å². The van der Waals surface area contributed by atoms with E-state index in [0.717, 1.165) is 5.39 Å². The van der Waals surface area contributed by atoms with Gasteiger partial charge in [0.2, 0.25) is 0 Å². The number of ether oxygens (including phenoxy) is 1. The van der Waals surface area contributed by atoms with Crippen molar-refractivity contribution in [1.82, 2.24) is 4.98 Å². The first-order valence-electron chi connectivity index (χ1n) is 4.93. The Hall–Kier alpha value is -2.37. The summed E-state index contributed by atoms with van der Waals surface area (Å²) in [5.41, 5.74) is 1.18. The average molecular weight is 234 g/mol. The number of aromatic amines is 1. The number of methoxy groups -OCH3 is 1. The van der Waals surface area contributed by atoms with Gasteiger partial charge in [0.25, 0.3) is 5.69 Å². The number of esters is 1. The number of rotatable bonds is 3. The van der Waals surface area contributed by atoms with E-state index in [-0.39, 0.29) is 12.1 Å². The maximum atomic E-state index is 11.2. The predicted molar refractivity (Wildman–Crippen MR) is 60.7 cm³/mol. The Labute approximate surface area is 96.3 Å². The average Bonchev–Trinajstić information content (AvgIpc) is 2.76. The quantitative estimate of drug-likeness (QED) is 0.498. The van der Waals surface area contributed by atoms with Crippen LogP contribution in [0.1, 0.15) is 5.56 Å². The number of nitro groups is 1. The first-order chi connectivity index (χ1) is 8.11. The molecule has 1 heterocycles. The van der Waals surface area contributed by atoms with E-state index in [4.69, 9.17) is 0 Å². The molecule has 0 saturated carbocycles. The van der Waals surface area contributed by atoms with Gasteiger partial charge in [0, 0.05) is 23.7 Å². The summed E-state index contributed by atoms with van der Waals surface area (Å²) in [7, 11) is 1.29. The molecule has 6 heteroatoms. The van der Waals surface area contributed by atoms with Crippen molar-refractivity contribution in [2.24, 2.45) is 0 Å². The maximum Gasteiger partial charge on any atom is 0.310 e. The fraction of sp³-hybridized carbons (Fsp3) is 0.182. The van der Waals surface area contributed by atoms with Gasteiger partial charge in [0.1, 0.15) is 0 Å². The number of carbonyl (C=O) groups is 1. The van der Waals surface area contributed by atoms with Crippen LogP contribution in [0.25, 0.3) is 10.9 Å². The third kappa shape index (κ3) is 2.10. The molecule has 0 saturated heterocycles. The summed E-state index contributed by atoms with van der Waals surface area (Å²) >= 11 is 0. The Bertz CT molecular complexity index is 588. The first-order valence-corrected chi connectivity index (χ1v) is 4.93. The largest absolute Gasteiger partial charge is 0.469 e. The molecular weight excluding hydrogens is 224 g/mol. The standard InChI is InChI=1S/C11H10N2O4/c1-17-11(14)5-7-4-8(13(15)16)6-10-9(7)2-3-12-10/h2-4,6,12H,5H2,1H3. The second-order valence-corrected chi connectivity index (χ2v) is 3.55. The highest BCUT2D eigenvalue weighted by atomic mass is 16.6. The number of carbonyl (C=O) groups excluding carboxylic acids is 1. The van der Waals surface area contributed by atoms with Crippen molar-refractivity contribution in [2.75, 3.05) is 7.11 Å². The van der Waals surface area contributed by atoms with Gasteiger partial charge in [0.05, 0.1) is 24.0 Å². The SMILES string of the molecule is COC(=O)Cc1cc([N+](=O)[O-])cc2[nH]ccc12. The number of hydrogen-bond donors (Lipinski definition) is 1. The van der Waals surface area contributed by atoms with E-state index in [1.165, 1.54) is 19.2 Å². The number of H-pyrrole nitrogens is 1. The smallest absolute Gasteiger partial charge is 0.310 e. The summed E-state index contributed by atoms with van der Waals surface area (Å²) in [5, 5.41) is 11.5. The minimum absolute atomic E-state index is 0.0204. The van der Waals surface area contributed by atoms with Crippen LogP contribution in [0.5, 0.6) is 0 Å². The molecule has 6 nitrogen and oxygen atoms in total. The van der Waals surface area contributed by atoms with Crippen molar-refractivity contribution in [1.29, 1.82) is 0 Å². The van der Waals surface area contributed by atoms with Crippen molar-refractivity contribution in [3.05, 3.63) is 40.1 Å². The molecule has 0 atom stereocenters. The maximum absolute atomic E-state index is 11.2. The monoisotopic (exact) mass is 234 g/mol. The summed E-state index contributed by atoms with van der Waals surface area (Å²) in [6.07, 6.45) is 1.70. The van der Waals surface area contributed by atoms with Crippen LogP contribution in [0.15, 0.2) is 24.4 Å². The Balaban J connectivity index is 2.54. The Kier molecular flexibility index (Phi) is 2.78. The van der Waals surface area contributed by atoms with Crippen LogP contribution in [0.2, 0.25) is 0 Å². The molecule has 2 rings (SSSR count). The topological polar surface area (TPSA) is 85.2 Å². The van der Waals surface area contributed by atoms with E-state index >= 15 is 0 Å². The molecule has 0 amide bonds. The molecule has 0 fully saturated rings. The highest BCUT2D eigenvalue weighted by Crippen LogP contribution is 2.25. The zero-order valence-corrected chi connectivity index (χ0v) is 9.10. The van der Waals surface area contributed by atoms with Crippen LogP contribution in [-0.2, 0) is 16.0 Å². The lowest BCUT2D eigenvalue weighted by molar-refractivity contribution is -0.384. The summed E-state index contributed by atoms with van der Waals surface area (Å²) < 4.78 is 4.56. The number of hydrogen-bond acceptors (Lipinski definition) is 4. The highest BCUT2D eigenvalue weighted by molar-refractivity contribution is 5.88. The molecule has 0 bridgehead atoms. The Morgan fingerprint density at radius 2 is 2.29 bits per heavy atom. The van der Waals surface area contributed by atoms with E-state index < -0.39 is 10.9 Å². The third-order valence-corrected chi connectivity index (χ3v) is 2.51. The van der Waals surface area contributed by atoms with Crippen LogP contribution in [0, 0.1) is 10.1 Å². The van der Waals surface area contributed by atoms with Crippen molar-refractivity contribution in [2.45, 2.75) is 6.42 Å². The molecule has 0 aliphatic carbocycles. The zero-order chi connectivity index (χ0) is 12.4. The van der Waals surface area contributed by atoms with Gasteiger partial charge in [-0.2, -0.15) is 0 Å². The van der Waals surface area contributed by atoms with Crippen LogP contribution >= 0.6 is 0 Å². The fourth-order valence-electron chi connectivity index (χ4n) is 1.71. The van der Waals surface area contributed by atoms with Crippen molar-refractivity contribution < 1.29 is 14.5 Å². The molecule has 1 aromatic carbocycles.